The Balaban J connectivity index is 1.92. The summed E-state index contributed by atoms with van der Waals surface area (Å²) in [5.41, 5.74) is 5.37. The number of nitrogen functional groups attached to an aromatic ring is 1. The number of nitrogens with two attached hydrogens (primary N) is 1. The summed E-state index contributed by atoms with van der Waals surface area (Å²) in [5, 5.41) is 10.6. The highest BCUT2D eigenvalue weighted by Gasteiger charge is 2.22. The van der Waals surface area contributed by atoms with Gasteiger partial charge in [0.2, 0.25) is 0 Å². The summed E-state index contributed by atoms with van der Waals surface area (Å²) in [7, 11) is 0. The molecule has 1 heterocycles. The van der Waals surface area contributed by atoms with Crippen LogP contribution in [0.25, 0.3) is 0 Å². The molecule has 0 atom stereocenters. The van der Waals surface area contributed by atoms with Crippen molar-refractivity contribution < 1.29 is 19.2 Å². The third kappa shape index (κ3) is 4.18. The van der Waals surface area contributed by atoms with Gasteiger partial charge in [0.05, 0.1) is 16.2 Å². The summed E-state index contributed by atoms with van der Waals surface area (Å²) in [6.07, 6.45) is 1.88. The van der Waals surface area contributed by atoms with Crippen LogP contribution in [0.3, 0.4) is 0 Å². The molecule has 0 radical (unpaired) electrons. The number of hydrogen-bond donors (Lipinski definition) is 1. The Labute approximate surface area is 133 Å². The molecule has 1 amide bonds. The van der Waals surface area contributed by atoms with Gasteiger partial charge in [0.25, 0.3) is 11.6 Å². The van der Waals surface area contributed by atoms with Crippen molar-refractivity contribution in [3.05, 3.63) is 33.9 Å². The lowest BCUT2D eigenvalue weighted by atomic mass is 9.99. The Bertz CT molecular complexity index is 624. The fourth-order valence-corrected chi connectivity index (χ4v) is 2.40. The number of hydrogen-bond acceptors (Lipinski definition) is 6. The van der Waals surface area contributed by atoms with Gasteiger partial charge in [0, 0.05) is 25.2 Å². The van der Waals surface area contributed by atoms with Crippen molar-refractivity contribution in [1.29, 1.82) is 0 Å². The average Bonchev–Trinajstić information content (AvgIpc) is 2.52. The van der Waals surface area contributed by atoms with Gasteiger partial charge >= 0.3 is 5.97 Å². The molecule has 8 nitrogen and oxygen atoms in total. The molecule has 1 fully saturated rings. The molecule has 1 aliphatic heterocycles. The fraction of sp³-hybridized carbons (Fsp3) is 0.467. The van der Waals surface area contributed by atoms with Crippen molar-refractivity contribution in [2.24, 2.45) is 5.92 Å². The van der Waals surface area contributed by atoms with Gasteiger partial charge < -0.3 is 15.4 Å². The summed E-state index contributed by atoms with van der Waals surface area (Å²) in [4.78, 5) is 35.6. The van der Waals surface area contributed by atoms with E-state index in [4.69, 9.17) is 10.5 Å². The number of nitro groups is 1. The summed E-state index contributed by atoms with van der Waals surface area (Å²) in [6.45, 7) is 3.11. The molecule has 0 aliphatic carbocycles. The summed E-state index contributed by atoms with van der Waals surface area (Å²) in [6, 6.07) is 3.48. The normalized spacial score (nSPS) is 15.3. The summed E-state index contributed by atoms with van der Waals surface area (Å²) < 4.78 is 4.97. The maximum Gasteiger partial charge on any atom is 0.340 e. The molecule has 1 saturated heterocycles. The van der Waals surface area contributed by atoms with Crippen LogP contribution in [0.2, 0.25) is 0 Å². The Hall–Kier alpha value is -2.64. The zero-order valence-corrected chi connectivity index (χ0v) is 12.9. The largest absolute Gasteiger partial charge is 0.452 e. The van der Waals surface area contributed by atoms with Crippen LogP contribution in [0.5, 0.6) is 0 Å². The smallest absolute Gasteiger partial charge is 0.340 e. The van der Waals surface area contributed by atoms with Crippen molar-refractivity contribution >= 4 is 23.3 Å². The molecule has 124 valence electrons. The summed E-state index contributed by atoms with van der Waals surface area (Å²) >= 11 is 0. The number of rotatable bonds is 4. The van der Waals surface area contributed by atoms with Crippen molar-refractivity contribution in [2.45, 2.75) is 19.8 Å². The SMILES string of the molecule is CC1CCN(C(=O)COC(=O)c2ccc([N+](=O)[O-])cc2N)CC1. The van der Waals surface area contributed by atoms with E-state index >= 15 is 0 Å². The predicted octanol–water partition coefficient (Wildman–Crippen LogP) is 1.59. The maximum absolute atomic E-state index is 12.0. The number of ether oxygens (including phenoxy) is 1. The molecule has 23 heavy (non-hydrogen) atoms. The standard InChI is InChI=1S/C15H19N3O5/c1-10-4-6-17(7-5-10)14(19)9-23-15(20)12-3-2-11(18(21)22)8-13(12)16/h2-3,8,10H,4-7,9,16H2,1H3. The van der Waals surface area contributed by atoms with E-state index in [0.717, 1.165) is 18.9 Å². The van der Waals surface area contributed by atoms with Gasteiger partial charge in [-0.2, -0.15) is 0 Å². The number of non-ortho nitro benzene ring substituents is 1. The lowest BCUT2D eigenvalue weighted by molar-refractivity contribution is -0.384. The first-order valence-electron chi connectivity index (χ1n) is 7.37. The fourth-order valence-electron chi connectivity index (χ4n) is 2.40. The van der Waals surface area contributed by atoms with E-state index in [2.05, 4.69) is 6.92 Å². The Kier molecular flexibility index (Phi) is 5.15. The lowest BCUT2D eigenvalue weighted by Crippen LogP contribution is -2.40. The van der Waals surface area contributed by atoms with E-state index in [0.29, 0.717) is 19.0 Å². The van der Waals surface area contributed by atoms with E-state index in [-0.39, 0.29) is 29.5 Å². The van der Waals surface area contributed by atoms with Gasteiger partial charge in [-0.3, -0.25) is 14.9 Å². The molecular formula is C15H19N3O5. The average molecular weight is 321 g/mol. The maximum atomic E-state index is 12.0. The van der Waals surface area contributed by atoms with Crippen LogP contribution in [0.1, 0.15) is 30.1 Å². The van der Waals surface area contributed by atoms with Crippen LogP contribution in [0.15, 0.2) is 18.2 Å². The monoisotopic (exact) mass is 321 g/mol. The van der Waals surface area contributed by atoms with E-state index in [9.17, 15) is 19.7 Å². The number of piperidine rings is 1. The quantitative estimate of drug-likeness (QED) is 0.389. The Morgan fingerprint density at radius 2 is 2.04 bits per heavy atom. The number of nitrogens with zero attached hydrogens (tertiary/aromatic N) is 2. The van der Waals surface area contributed by atoms with Crippen LogP contribution >= 0.6 is 0 Å². The van der Waals surface area contributed by atoms with Crippen molar-refractivity contribution in [3.8, 4) is 0 Å². The second-order valence-electron chi connectivity index (χ2n) is 5.67. The third-order valence-electron chi connectivity index (χ3n) is 3.93. The zero-order valence-electron chi connectivity index (χ0n) is 12.9. The van der Waals surface area contributed by atoms with Crippen LogP contribution in [0.4, 0.5) is 11.4 Å². The highest BCUT2D eigenvalue weighted by Crippen LogP contribution is 2.21. The van der Waals surface area contributed by atoms with Gasteiger partial charge in [-0.15, -0.1) is 0 Å². The highest BCUT2D eigenvalue weighted by atomic mass is 16.6. The van der Waals surface area contributed by atoms with Crippen LogP contribution < -0.4 is 5.73 Å². The number of carbonyl (C=O) groups is 2. The minimum atomic E-state index is -0.767. The molecule has 8 heteroatoms. The Morgan fingerprint density at radius 1 is 1.39 bits per heavy atom. The lowest BCUT2D eigenvalue weighted by Gasteiger charge is -2.30. The molecule has 1 aliphatic rings. The number of esters is 1. The minimum absolute atomic E-state index is 0.00988. The van der Waals surface area contributed by atoms with Crippen molar-refractivity contribution in [2.75, 3.05) is 25.4 Å². The number of likely N-dealkylation sites (tertiary alicyclic amines) is 1. The van der Waals surface area contributed by atoms with Gasteiger partial charge in [-0.1, -0.05) is 6.92 Å². The predicted molar refractivity (Wildman–Crippen MR) is 82.8 cm³/mol. The molecule has 2 rings (SSSR count). The number of anilines is 1. The first kappa shape index (κ1) is 16.7. The minimum Gasteiger partial charge on any atom is -0.452 e. The van der Waals surface area contributed by atoms with Gasteiger partial charge in [-0.05, 0) is 24.8 Å². The molecule has 0 spiro atoms. The number of carbonyl (C=O) groups excluding carboxylic acids is 2. The first-order valence-corrected chi connectivity index (χ1v) is 7.37. The van der Waals surface area contributed by atoms with Gasteiger partial charge in [-0.25, -0.2) is 4.79 Å². The zero-order chi connectivity index (χ0) is 17.0. The van der Waals surface area contributed by atoms with Crippen LogP contribution in [-0.4, -0.2) is 41.4 Å². The van der Waals surface area contributed by atoms with Crippen LogP contribution in [0, 0.1) is 16.0 Å². The number of amides is 1. The second kappa shape index (κ2) is 7.08. The topological polar surface area (TPSA) is 116 Å². The van der Waals surface area contributed by atoms with E-state index in [1.54, 1.807) is 4.90 Å². The molecular weight excluding hydrogens is 302 g/mol. The van der Waals surface area contributed by atoms with Gasteiger partial charge in [0.15, 0.2) is 6.61 Å². The first-order chi connectivity index (χ1) is 10.9. The second-order valence-corrected chi connectivity index (χ2v) is 5.67. The van der Waals surface area contributed by atoms with E-state index < -0.39 is 10.9 Å². The molecule has 0 bridgehead atoms. The molecule has 0 saturated carbocycles. The molecule has 1 aromatic rings. The van der Waals surface area contributed by atoms with E-state index in [1.807, 2.05) is 0 Å². The number of benzene rings is 1. The third-order valence-corrected chi connectivity index (χ3v) is 3.93. The highest BCUT2D eigenvalue weighted by molar-refractivity contribution is 5.96. The summed E-state index contributed by atoms with van der Waals surface area (Å²) in [5.74, 6) is -0.414. The van der Waals surface area contributed by atoms with Gasteiger partial charge in [0.1, 0.15) is 0 Å². The molecule has 1 aromatic carbocycles. The molecule has 0 unspecified atom stereocenters. The number of nitro benzene ring substituents is 1. The van der Waals surface area contributed by atoms with E-state index in [1.165, 1.54) is 12.1 Å². The van der Waals surface area contributed by atoms with Crippen LogP contribution in [-0.2, 0) is 9.53 Å². The van der Waals surface area contributed by atoms with Crippen molar-refractivity contribution in [3.63, 3.8) is 0 Å². The van der Waals surface area contributed by atoms with Crippen molar-refractivity contribution in [1.82, 2.24) is 4.90 Å². The molecule has 2 N–H and O–H groups in total. The molecule has 0 aromatic heterocycles. The Morgan fingerprint density at radius 3 is 2.61 bits per heavy atom.